The highest BCUT2D eigenvalue weighted by molar-refractivity contribution is 5.79. The van der Waals surface area contributed by atoms with Crippen LogP contribution in [0.25, 0.3) is 11.0 Å². The van der Waals surface area contributed by atoms with Crippen molar-refractivity contribution in [1.82, 2.24) is 10.2 Å². The standard InChI is InChI=1S/C17H17F3N2O4/c1-9(14-6-10-4-2-3-5-13(10)26-14)21-16(25)22-7-11(15(23)24)12(8-22)17(18,19)20/h2-6,9,11-12H,7-8H2,1H3,(H,21,25)(H,23,24)/t9?,11-,12-/m1/s1. The lowest BCUT2D eigenvalue weighted by atomic mass is 9.96. The molecule has 2 heterocycles. The van der Waals surface area contributed by atoms with E-state index in [4.69, 9.17) is 9.52 Å². The van der Waals surface area contributed by atoms with Crippen molar-refractivity contribution in [2.75, 3.05) is 13.1 Å². The van der Waals surface area contributed by atoms with Crippen LogP contribution in [0.2, 0.25) is 0 Å². The number of urea groups is 1. The van der Waals surface area contributed by atoms with Gasteiger partial charge in [-0.1, -0.05) is 18.2 Å². The van der Waals surface area contributed by atoms with Gasteiger partial charge in [-0.3, -0.25) is 4.79 Å². The molecule has 1 aliphatic heterocycles. The minimum Gasteiger partial charge on any atom is -0.481 e. The summed E-state index contributed by atoms with van der Waals surface area (Å²) in [5.74, 6) is -4.84. The van der Waals surface area contributed by atoms with Crippen LogP contribution in [-0.2, 0) is 4.79 Å². The Morgan fingerprint density at radius 2 is 2.00 bits per heavy atom. The summed E-state index contributed by atoms with van der Waals surface area (Å²) in [5, 5.41) is 12.4. The van der Waals surface area contributed by atoms with Crippen molar-refractivity contribution < 1.29 is 32.3 Å². The summed E-state index contributed by atoms with van der Waals surface area (Å²) < 4.78 is 44.7. The zero-order valence-electron chi connectivity index (χ0n) is 13.8. The topological polar surface area (TPSA) is 82.8 Å². The van der Waals surface area contributed by atoms with E-state index in [9.17, 15) is 22.8 Å². The lowest BCUT2D eigenvalue weighted by molar-refractivity contribution is -0.187. The summed E-state index contributed by atoms with van der Waals surface area (Å²) >= 11 is 0. The Morgan fingerprint density at radius 3 is 2.58 bits per heavy atom. The lowest BCUT2D eigenvalue weighted by Gasteiger charge is -2.20. The summed E-state index contributed by atoms with van der Waals surface area (Å²) in [6, 6.07) is 7.63. The molecule has 140 valence electrons. The van der Waals surface area contributed by atoms with Crippen molar-refractivity contribution in [3.05, 3.63) is 36.1 Å². The summed E-state index contributed by atoms with van der Waals surface area (Å²) in [4.78, 5) is 24.3. The van der Waals surface area contributed by atoms with E-state index >= 15 is 0 Å². The van der Waals surface area contributed by atoms with Gasteiger partial charge >= 0.3 is 18.2 Å². The largest absolute Gasteiger partial charge is 0.481 e. The number of alkyl halides is 3. The van der Waals surface area contributed by atoms with Gasteiger partial charge in [0.25, 0.3) is 0 Å². The highest BCUT2D eigenvalue weighted by Gasteiger charge is 2.53. The van der Waals surface area contributed by atoms with Crippen LogP contribution in [0.15, 0.2) is 34.7 Å². The number of hydrogen-bond donors (Lipinski definition) is 2. The number of benzene rings is 1. The van der Waals surface area contributed by atoms with Crippen molar-refractivity contribution in [2.45, 2.75) is 19.1 Å². The molecule has 3 rings (SSSR count). The summed E-state index contributed by atoms with van der Waals surface area (Å²) in [7, 11) is 0. The molecule has 0 radical (unpaired) electrons. The molecular formula is C17H17F3N2O4. The number of aliphatic carboxylic acids is 1. The van der Waals surface area contributed by atoms with Crippen LogP contribution >= 0.6 is 0 Å². The monoisotopic (exact) mass is 370 g/mol. The number of carbonyl (C=O) groups is 2. The number of rotatable bonds is 3. The molecule has 6 nitrogen and oxygen atoms in total. The number of hydrogen-bond acceptors (Lipinski definition) is 3. The predicted molar refractivity (Wildman–Crippen MR) is 85.4 cm³/mol. The van der Waals surface area contributed by atoms with Crippen LogP contribution in [0.3, 0.4) is 0 Å². The second-order valence-corrected chi connectivity index (χ2v) is 6.36. The van der Waals surface area contributed by atoms with Crippen LogP contribution in [0.1, 0.15) is 18.7 Å². The number of para-hydroxylation sites is 1. The van der Waals surface area contributed by atoms with Crippen LogP contribution in [0, 0.1) is 11.8 Å². The van der Waals surface area contributed by atoms with Gasteiger partial charge in [-0.15, -0.1) is 0 Å². The zero-order chi connectivity index (χ0) is 19.1. The number of furan rings is 1. The number of carbonyl (C=O) groups excluding carboxylic acids is 1. The summed E-state index contributed by atoms with van der Waals surface area (Å²) in [6.07, 6.45) is -4.68. The van der Waals surface area contributed by atoms with Crippen molar-refractivity contribution in [3.63, 3.8) is 0 Å². The molecule has 1 unspecified atom stereocenters. The molecular weight excluding hydrogens is 353 g/mol. The van der Waals surface area contributed by atoms with Gasteiger partial charge < -0.3 is 19.7 Å². The molecule has 1 aromatic heterocycles. The van der Waals surface area contributed by atoms with Crippen molar-refractivity contribution in [1.29, 1.82) is 0 Å². The van der Waals surface area contributed by atoms with Gasteiger partial charge in [0.05, 0.1) is 17.9 Å². The molecule has 0 aliphatic carbocycles. The normalized spacial score (nSPS) is 21.8. The van der Waals surface area contributed by atoms with Crippen LogP contribution < -0.4 is 5.32 Å². The lowest BCUT2D eigenvalue weighted by Crippen LogP contribution is -2.40. The van der Waals surface area contributed by atoms with Gasteiger partial charge in [-0.2, -0.15) is 13.2 Å². The van der Waals surface area contributed by atoms with E-state index in [2.05, 4.69) is 5.32 Å². The Morgan fingerprint density at radius 1 is 1.31 bits per heavy atom. The van der Waals surface area contributed by atoms with Gasteiger partial charge in [0.1, 0.15) is 11.3 Å². The number of halogens is 3. The highest BCUT2D eigenvalue weighted by Crippen LogP contribution is 2.37. The maximum absolute atomic E-state index is 13.0. The molecule has 1 aromatic carbocycles. The van der Waals surface area contributed by atoms with Crippen molar-refractivity contribution in [2.24, 2.45) is 11.8 Å². The Kier molecular flexibility index (Phi) is 4.55. The van der Waals surface area contributed by atoms with Crippen LogP contribution in [0.4, 0.5) is 18.0 Å². The number of amides is 2. The van der Waals surface area contributed by atoms with Gasteiger partial charge in [0.2, 0.25) is 0 Å². The second kappa shape index (κ2) is 6.54. The zero-order valence-corrected chi connectivity index (χ0v) is 13.8. The molecule has 2 N–H and O–H groups in total. The van der Waals surface area contributed by atoms with Gasteiger partial charge in [0.15, 0.2) is 0 Å². The van der Waals surface area contributed by atoms with E-state index in [1.165, 1.54) is 0 Å². The molecule has 1 saturated heterocycles. The fourth-order valence-electron chi connectivity index (χ4n) is 3.11. The number of carboxylic acids is 1. The number of nitrogens with one attached hydrogen (secondary N) is 1. The molecule has 0 saturated carbocycles. The molecule has 2 amide bonds. The molecule has 2 aromatic rings. The van der Waals surface area contributed by atoms with E-state index in [1.807, 2.05) is 12.1 Å². The Hall–Kier alpha value is -2.71. The second-order valence-electron chi connectivity index (χ2n) is 6.36. The average molecular weight is 370 g/mol. The molecule has 0 spiro atoms. The number of nitrogens with zero attached hydrogens (tertiary/aromatic N) is 1. The minimum atomic E-state index is -4.68. The molecule has 1 aliphatic rings. The fourth-order valence-corrected chi connectivity index (χ4v) is 3.11. The summed E-state index contributed by atoms with van der Waals surface area (Å²) in [5.41, 5.74) is 0.632. The van der Waals surface area contributed by atoms with E-state index in [-0.39, 0.29) is 0 Å². The Bertz CT molecular complexity index is 800. The quantitative estimate of drug-likeness (QED) is 0.868. The minimum absolute atomic E-state index is 0.459. The molecule has 0 bridgehead atoms. The Balaban J connectivity index is 1.70. The Labute approximate surface area is 146 Å². The predicted octanol–water partition coefficient (Wildman–Crippen LogP) is 3.40. The summed E-state index contributed by atoms with van der Waals surface area (Å²) in [6.45, 7) is 0.471. The SMILES string of the molecule is CC(NC(=O)N1C[C@@H](C(F)(F)F)[C@H](C(=O)O)C1)c1cc2ccccc2o1. The van der Waals surface area contributed by atoms with E-state index in [0.717, 1.165) is 10.3 Å². The maximum Gasteiger partial charge on any atom is 0.394 e. The first-order valence-corrected chi connectivity index (χ1v) is 8.00. The highest BCUT2D eigenvalue weighted by atomic mass is 19.4. The van der Waals surface area contributed by atoms with E-state index in [1.54, 1.807) is 25.1 Å². The third-order valence-corrected chi connectivity index (χ3v) is 4.56. The molecule has 3 atom stereocenters. The van der Waals surface area contributed by atoms with Crippen molar-refractivity contribution in [3.8, 4) is 0 Å². The first kappa shape index (κ1) is 18.1. The maximum atomic E-state index is 13.0. The molecule has 26 heavy (non-hydrogen) atoms. The van der Waals surface area contributed by atoms with Crippen LogP contribution in [-0.4, -0.2) is 41.3 Å². The average Bonchev–Trinajstić information content (AvgIpc) is 3.18. The van der Waals surface area contributed by atoms with Crippen LogP contribution in [0.5, 0.6) is 0 Å². The first-order valence-electron chi connectivity index (χ1n) is 8.00. The van der Waals surface area contributed by atoms with Crippen molar-refractivity contribution >= 4 is 23.0 Å². The third-order valence-electron chi connectivity index (χ3n) is 4.56. The van der Waals surface area contributed by atoms with E-state index < -0.39 is 49.1 Å². The van der Waals surface area contributed by atoms with Gasteiger partial charge in [-0.25, -0.2) is 4.79 Å². The number of carboxylic acid groups (broad SMARTS) is 1. The third kappa shape index (κ3) is 3.47. The van der Waals surface area contributed by atoms with E-state index in [0.29, 0.717) is 11.3 Å². The molecule has 1 fully saturated rings. The molecule has 9 heteroatoms. The fraction of sp³-hybridized carbons (Fsp3) is 0.412. The first-order chi connectivity index (χ1) is 12.2. The van der Waals surface area contributed by atoms with Gasteiger partial charge in [-0.05, 0) is 19.1 Å². The van der Waals surface area contributed by atoms with Gasteiger partial charge in [0, 0.05) is 18.5 Å². The smallest absolute Gasteiger partial charge is 0.394 e. The number of likely N-dealkylation sites (tertiary alicyclic amines) is 1. The number of fused-ring (bicyclic) bond motifs is 1.